The van der Waals surface area contributed by atoms with E-state index in [2.05, 4.69) is 20.5 Å². The van der Waals surface area contributed by atoms with Crippen molar-refractivity contribution in [2.75, 3.05) is 37.6 Å². The van der Waals surface area contributed by atoms with Gasteiger partial charge in [-0.25, -0.2) is 14.2 Å². The van der Waals surface area contributed by atoms with E-state index in [1.54, 1.807) is 24.1 Å². The van der Waals surface area contributed by atoms with Crippen LogP contribution in [0.15, 0.2) is 48.7 Å². The minimum atomic E-state index is -0.649. The topological polar surface area (TPSA) is 77.6 Å². The van der Waals surface area contributed by atoms with E-state index >= 15 is 0 Å². The highest BCUT2D eigenvalue weighted by Gasteiger charge is 2.24. The number of halogens is 1. The van der Waals surface area contributed by atoms with E-state index in [0.29, 0.717) is 39.1 Å². The third kappa shape index (κ3) is 5.91. The van der Waals surface area contributed by atoms with Gasteiger partial charge in [0.2, 0.25) is 5.91 Å². The van der Waals surface area contributed by atoms with Crippen molar-refractivity contribution < 1.29 is 14.0 Å². The van der Waals surface area contributed by atoms with Gasteiger partial charge in [0, 0.05) is 38.9 Å². The van der Waals surface area contributed by atoms with Crippen LogP contribution < -0.4 is 15.5 Å². The summed E-state index contributed by atoms with van der Waals surface area (Å²) < 4.78 is 13.2. The number of pyridine rings is 1. The summed E-state index contributed by atoms with van der Waals surface area (Å²) in [5.41, 5.74) is 0.813. The number of hydrogen-bond acceptors (Lipinski definition) is 4. The van der Waals surface area contributed by atoms with Gasteiger partial charge in [-0.2, -0.15) is 0 Å². The van der Waals surface area contributed by atoms with Crippen LogP contribution in [0, 0.1) is 5.82 Å². The van der Waals surface area contributed by atoms with Crippen LogP contribution >= 0.6 is 0 Å². The third-order valence-electron chi connectivity index (χ3n) is 4.88. The molecule has 3 rings (SSSR count). The van der Waals surface area contributed by atoms with Gasteiger partial charge in [-0.05, 0) is 43.2 Å². The summed E-state index contributed by atoms with van der Waals surface area (Å²) in [7, 11) is 0. The van der Waals surface area contributed by atoms with Crippen LogP contribution in [0.1, 0.15) is 12.5 Å². The first-order valence-corrected chi connectivity index (χ1v) is 9.76. The molecule has 154 valence electrons. The van der Waals surface area contributed by atoms with E-state index in [1.807, 2.05) is 24.3 Å². The van der Waals surface area contributed by atoms with Gasteiger partial charge in [0.1, 0.15) is 17.7 Å². The fourth-order valence-corrected chi connectivity index (χ4v) is 3.20. The Morgan fingerprint density at radius 3 is 2.62 bits per heavy atom. The van der Waals surface area contributed by atoms with Crippen LogP contribution in [-0.4, -0.2) is 60.6 Å². The molecule has 2 N–H and O–H groups in total. The maximum Gasteiger partial charge on any atom is 0.318 e. The maximum atomic E-state index is 13.2. The predicted molar refractivity (Wildman–Crippen MR) is 109 cm³/mol. The lowest BCUT2D eigenvalue weighted by Gasteiger charge is -2.35. The maximum absolute atomic E-state index is 13.2. The first-order valence-electron chi connectivity index (χ1n) is 9.76. The lowest BCUT2D eigenvalue weighted by Crippen LogP contribution is -2.55. The molecule has 0 spiro atoms. The number of anilines is 1. The highest BCUT2D eigenvalue weighted by atomic mass is 19.1. The van der Waals surface area contributed by atoms with Gasteiger partial charge in [-0.3, -0.25) is 4.79 Å². The first kappa shape index (κ1) is 20.6. The van der Waals surface area contributed by atoms with Crippen molar-refractivity contribution in [3.05, 3.63) is 60.0 Å². The molecule has 1 aliphatic heterocycles. The number of benzene rings is 1. The third-order valence-corrected chi connectivity index (χ3v) is 4.88. The molecule has 1 saturated heterocycles. The van der Waals surface area contributed by atoms with Crippen LogP contribution in [0.5, 0.6) is 0 Å². The fourth-order valence-electron chi connectivity index (χ4n) is 3.20. The molecule has 0 radical (unpaired) electrons. The van der Waals surface area contributed by atoms with Crippen molar-refractivity contribution in [1.29, 1.82) is 0 Å². The summed E-state index contributed by atoms with van der Waals surface area (Å²) in [6.45, 7) is 4.55. The minimum absolute atomic E-state index is 0.251. The van der Waals surface area contributed by atoms with Crippen molar-refractivity contribution in [3.63, 3.8) is 0 Å². The van der Waals surface area contributed by atoms with Crippen LogP contribution in [0.4, 0.5) is 15.0 Å². The van der Waals surface area contributed by atoms with E-state index < -0.39 is 6.04 Å². The molecule has 7 nitrogen and oxygen atoms in total. The van der Waals surface area contributed by atoms with Crippen LogP contribution in [0.25, 0.3) is 0 Å². The van der Waals surface area contributed by atoms with E-state index in [4.69, 9.17) is 0 Å². The number of urea groups is 1. The molecule has 29 heavy (non-hydrogen) atoms. The molecule has 1 aromatic heterocycles. The van der Waals surface area contributed by atoms with Crippen molar-refractivity contribution in [3.8, 4) is 0 Å². The number of piperazine rings is 1. The van der Waals surface area contributed by atoms with Crippen molar-refractivity contribution in [2.45, 2.75) is 19.4 Å². The normalized spacial score (nSPS) is 15.0. The zero-order chi connectivity index (χ0) is 20.6. The SMILES string of the molecule is CC(NC(=O)N1CCN(c2ccccn2)CC1)C(=O)NCCc1cccc(F)c1. The fraction of sp³-hybridized carbons (Fsp3) is 0.381. The number of nitrogens with zero attached hydrogens (tertiary/aromatic N) is 3. The highest BCUT2D eigenvalue weighted by Crippen LogP contribution is 2.12. The summed E-state index contributed by atoms with van der Waals surface area (Å²) in [6.07, 6.45) is 2.28. The Bertz CT molecular complexity index is 825. The zero-order valence-corrected chi connectivity index (χ0v) is 16.5. The van der Waals surface area contributed by atoms with E-state index in [9.17, 15) is 14.0 Å². The average Bonchev–Trinajstić information content (AvgIpc) is 2.74. The lowest BCUT2D eigenvalue weighted by atomic mass is 10.1. The molecule has 0 bridgehead atoms. The summed E-state index contributed by atoms with van der Waals surface area (Å²) in [5.74, 6) is 0.345. The van der Waals surface area contributed by atoms with Gasteiger partial charge in [0.05, 0.1) is 0 Å². The van der Waals surface area contributed by atoms with E-state index in [1.165, 1.54) is 12.1 Å². The molecule has 0 aliphatic carbocycles. The Kier molecular flexibility index (Phi) is 6.99. The largest absolute Gasteiger partial charge is 0.354 e. The zero-order valence-electron chi connectivity index (χ0n) is 16.5. The van der Waals surface area contributed by atoms with Crippen LogP contribution in [-0.2, 0) is 11.2 Å². The molecule has 3 amide bonds. The Hall–Kier alpha value is -3.16. The molecule has 1 unspecified atom stereocenters. The monoisotopic (exact) mass is 399 g/mol. The van der Waals surface area contributed by atoms with Crippen LogP contribution in [0.2, 0.25) is 0 Å². The first-order chi connectivity index (χ1) is 14.0. The van der Waals surface area contributed by atoms with Gasteiger partial charge in [0.15, 0.2) is 0 Å². The molecule has 1 atom stereocenters. The lowest BCUT2D eigenvalue weighted by molar-refractivity contribution is -0.122. The summed E-state index contributed by atoms with van der Waals surface area (Å²) in [5, 5.41) is 5.52. The van der Waals surface area contributed by atoms with Gasteiger partial charge < -0.3 is 20.4 Å². The number of hydrogen-bond donors (Lipinski definition) is 2. The summed E-state index contributed by atoms with van der Waals surface area (Å²) in [4.78, 5) is 32.8. The Morgan fingerprint density at radius 2 is 1.93 bits per heavy atom. The van der Waals surface area contributed by atoms with Crippen molar-refractivity contribution in [2.24, 2.45) is 0 Å². The molecule has 8 heteroatoms. The second-order valence-corrected chi connectivity index (χ2v) is 7.00. The number of carbonyl (C=O) groups is 2. The number of aromatic nitrogens is 1. The highest BCUT2D eigenvalue weighted by molar-refractivity contribution is 5.86. The Labute approximate surface area is 169 Å². The minimum Gasteiger partial charge on any atom is -0.354 e. The second-order valence-electron chi connectivity index (χ2n) is 7.00. The smallest absolute Gasteiger partial charge is 0.318 e. The Balaban J connectivity index is 1.39. The van der Waals surface area contributed by atoms with Gasteiger partial charge in [-0.1, -0.05) is 18.2 Å². The quantitative estimate of drug-likeness (QED) is 0.777. The molecule has 1 aliphatic rings. The van der Waals surface area contributed by atoms with Crippen molar-refractivity contribution in [1.82, 2.24) is 20.5 Å². The summed E-state index contributed by atoms with van der Waals surface area (Å²) in [6, 6.07) is 11.1. The van der Waals surface area contributed by atoms with Crippen LogP contribution in [0.3, 0.4) is 0 Å². The Morgan fingerprint density at radius 1 is 1.14 bits per heavy atom. The van der Waals surface area contributed by atoms with Gasteiger partial charge in [-0.15, -0.1) is 0 Å². The van der Waals surface area contributed by atoms with E-state index in [0.717, 1.165) is 11.4 Å². The average molecular weight is 399 g/mol. The van der Waals surface area contributed by atoms with E-state index in [-0.39, 0.29) is 17.8 Å². The predicted octanol–water partition coefficient (Wildman–Crippen LogP) is 1.80. The van der Waals surface area contributed by atoms with Gasteiger partial charge in [0.25, 0.3) is 0 Å². The molecule has 2 aromatic rings. The van der Waals surface area contributed by atoms with Crippen molar-refractivity contribution >= 4 is 17.8 Å². The summed E-state index contributed by atoms with van der Waals surface area (Å²) >= 11 is 0. The standard InChI is InChI=1S/C21H26FN5O2/c1-16(20(28)24-10-8-17-5-4-6-18(22)15-17)25-21(29)27-13-11-26(12-14-27)19-7-2-3-9-23-19/h2-7,9,15-16H,8,10-14H2,1H3,(H,24,28)(H,25,29). The molecule has 0 saturated carbocycles. The molecular weight excluding hydrogens is 373 g/mol. The molecule has 1 fully saturated rings. The molecule has 2 heterocycles. The molecular formula is C21H26FN5O2. The number of amides is 3. The second kappa shape index (κ2) is 9.86. The number of carbonyl (C=O) groups excluding carboxylic acids is 2. The number of rotatable bonds is 6. The van der Waals surface area contributed by atoms with Gasteiger partial charge >= 0.3 is 6.03 Å². The number of nitrogens with one attached hydrogen (secondary N) is 2. The molecule has 1 aromatic carbocycles.